The van der Waals surface area contributed by atoms with E-state index in [0.717, 1.165) is 5.56 Å². The van der Waals surface area contributed by atoms with Crippen molar-refractivity contribution in [1.82, 2.24) is 20.6 Å². The number of nitrogens with one attached hydrogen (secondary N) is 1. The van der Waals surface area contributed by atoms with E-state index in [0.29, 0.717) is 31.7 Å². The molecule has 1 heterocycles. The first-order chi connectivity index (χ1) is 10.7. The molecule has 2 N–H and O–H groups in total. The number of hydrogen-bond donors (Lipinski definition) is 2. The fourth-order valence-electron chi connectivity index (χ4n) is 2.55. The number of nitrogens with zero attached hydrogens (tertiary/aromatic N) is 3. The molecule has 1 aromatic heterocycles. The molecule has 2 atom stereocenters. The van der Waals surface area contributed by atoms with Gasteiger partial charge in [-0.25, -0.2) is 0 Å². The van der Waals surface area contributed by atoms with Crippen molar-refractivity contribution in [2.24, 2.45) is 5.92 Å². The minimum absolute atomic E-state index is 0.324. The number of hydrogen-bond acceptors (Lipinski definition) is 5. The highest BCUT2D eigenvalue weighted by Crippen LogP contribution is 2.29. The monoisotopic (exact) mass is 304 g/mol. The molecule has 2 rings (SSSR count). The maximum Gasteiger partial charge on any atom is 0.307 e. The minimum Gasteiger partial charge on any atom is -0.481 e. The predicted molar refractivity (Wildman–Crippen MR) is 79.3 cm³/mol. The molecule has 0 aliphatic rings. The van der Waals surface area contributed by atoms with Crippen LogP contribution in [-0.4, -0.2) is 45.4 Å². The number of tetrazole rings is 1. The molecule has 0 aliphatic carbocycles. The molecule has 0 fully saturated rings. The lowest BCUT2D eigenvalue weighted by atomic mass is 9.83. The Labute approximate surface area is 128 Å². The summed E-state index contributed by atoms with van der Waals surface area (Å²) in [7, 11) is 1.61. The van der Waals surface area contributed by atoms with E-state index in [1.807, 2.05) is 30.3 Å². The predicted octanol–water partition coefficient (Wildman–Crippen LogP) is 1.65. The molecule has 2 unspecified atom stereocenters. The highest BCUT2D eigenvalue weighted by Gasteiger charge is 2.32. The average Bonchev–Trinajstić information content (AvgIpc) is 3.05. The van der Waals surface area contributed by atoms with E-state index < -0.39 is 11.9 Å². The van der Waals surface area contributed by atoms with E-state index in [9.17, 15) is 9.90 Å². The zero-order chi connectivity index (χ0) is 15.8. The topological polar surface area (TPSA) is 101 Å². The van der Waals surface area contributed by atoms with Gasteiger partial charge in [0.15, 0.2) is 5.82 Å². The van der Waals surface area contributed by atoms with Crippen molar-refractivity contribution in [2.75, 3.05) is 13.7 Å². The highest BCUT2D eigenvalue weighted by atomic mass is 16.5. The molecular formula is C15H20N4O3. The second kappa shape index (κ2) is 8.23. The molecule has 1 aromatic carbocycles. The molecular weight excluding hydrogens is 284 g/mol. The first kappa shape index (κ1) is 16.1. The fourth-order valence-corrected chi connectivity index (χ4v) is 2.55. The van der Waals surface area contributed by atoms with E-state index in [1.165, 1.54) is 0 Å². The number of carboxylic acids is 1. The van der Waals surface area contributed by atoms with E-state index >= 15 is 0 Å². The van der Waals surface area contributed by atoms with Crippen LogP contribution in [0.5, 0.6) is 0 Å². The Hall–Kier alpha value is -2.28. The summed E-state index contributed by atoms with van der Waals surface area (Å²) >= 11 is 0. The number of carboxylic acid groups (broad SMARTS) is 1. The standard InChI is InChI=1S/C15H20N4O3/c1-22-9-5-8-12(15(20)21)13(14-16-18-19-17-14)10-11-6-3-2-4-7-11/h2-4,6-7,12-13H,5,8-10H2,1H3,(H,20,21)(H,16,17,18,19). The molecule has 22 heavy (non-hydrogen) atoms. The highest BCUT2D eigenvalue weighted by molar-refractivity contribution is 5.71. The minimum atomic E-state index is -0.846. The van der Waals surface area contributed by atoms with Crippen molar-refractivity contribution in [3.63, 3.8) is 0 Å². The normalized spacial score (nSPS) is 13.7. The number of aromatic nitrogens is 4. The van der Waals surface area contributed by atoms with Crippen molar-refractivity contribution in [3.8, 4) is 0 Å². The summed E-state index contributed by atoms with van der Waals surface area (Å²) in [4.78, 5) is 11.7. The first-order valence-corrected chi connectivity index (χ1v) is 7.21. The van der Waals surface area contributed by atoms with E-state index in [4.69, 9.17) is 4.74 Å². The number of methoxy groups -OCH3 is 1. The van der Waals surface area contributed by atoms with Crippen LogP contribution in [0.1, 0.15) is 30.1 Å². The van der Waals surface area contributed by atoms with E-state index in [-0.39, 0.29) is 5.92 Å². The van der Waals surface area contributed by atoms with Gasteiger partial charge in [0.25, 0.3) is 0 Å². The SMILES string of the molecule is COCCCC(C(=O)O)C(Cc1ccccc1)c1nn[nH]n1. The molecule has 7 heteroatoms. The van der Waals surface area contributed by atoms with Crippen molar-refractivity contribution in [2.45, 2.75) is 25.2 Å². The Morgan fingerprint density at radius 3 is 2.73 bits per heavy atom. The van der Waals surface area contributed by atoms with Crippen LogP contribution in [0.3, 0.4) is 0 Å². The van der Waals surface area contributed by atoms with Gasteiger partial charge in [-0.05, 0) is 24.8 Å². The molecule has 0 radical (unpaired) electrons. The molecule has 0 spiro atoms. The summed E-state index contributed by atoms with van der Waals surface area (Å²) in [6.45, 7) is 0.536. The maximum absolute atomic E-state index is 11.7. The summed E-state index contributed by atoms with van der Waals surface area (Å²) in [5, 5.41) is 23.6. The van der Waals surface area contributed by atoms with Crippen molar-refractivity contribution < 1.29 is 14.6 Å². The molecule has 118 valence electrons. The Balaban J connectivity index is 2.20. The summed E-state index contributed by atoms with van der Waals surface area (Å²) in [5.74, 6) is -1.31. The second-order valence-electron chi connectivity index (χ2n) is 5.15. The van der Waals surface area contributed by atoms with Crippen molar-refractivity contribution in [3.05, 3.63) is 41.7 Å². The lowest BCUT2D eigenvalue weighted by molar-refractivity contribution is -0.143. The molecule has 0 saturated carbocycles. The summed E-state index contributed by atoms with van der Waals surface area (Å²) in [6.07, 6.45) is 1.75. The van der Waals surface area contributed by atoms with Crippen LogP contribution in [-0.2, 0) is 16.0 Å². The second-order valence-corrected chi connectivity index (χ2v) is 5.15. The van der Waals surface area contributed by atoms with Crippen molar-refractivity contribution >= 4 is 5.97 Å². The number of aliphatic carboxylic acids is 1. The van der Waals surface area contributed by atoms with Crippen LogP contribution in [0.2, 0.25) is 0 Å². The lowest BCUT2D eigenvalue weighted by Crippen LogP contribution is -2.25. The molecule has 0 bridgehead atoms. The van der Waals surface area contributed by atoms with Gasteiger partial charge < -0.3 is 9.84 Å². The van der Waals surface area contributed by atoms with Gasteiger partial charge in [-0.3, -0.25) is 4.79 Å². The number of ether oxygens (including phenoxy) is 1. The van der Waals surface area contributed by atoms with Crippen molar-refractivity contribution in [1.29, 1.82) is 0 Å². The van der Waals surface area contributed by atoms with Gasteiger partial charge in [0.1, 0.15) is 0 Å². The van der Waals surface area contributed by atoms with Gasteiger partial charge in [-0.1, -0.05) is 35.5 Å². The van der Waals surface area contributed by atoms with Gasteiger partial charge in [0.2, 0.25) is 0 Å². The van der Waals surface area contributed by atoms with Crippen LogP contribution < -0.4 is 0 Å². The quantitative estimate of drug-likeness (QED) is 0.683. The number of rotatable bonds is 9. The average molecular weight is 304 g/mol. The maximum atomic E-state index is 11.7. The zero-order valence-electron chi connectivity index (χ0n) is 12.5. The lowest BCUT2D eigenvalue weighted by Gasteiger charge is -2.21. The molecule has 0 saturated heterocycles. The Morgan fingerprint density at radius 2 is 2.14 bits per heavy atom. The third-order valence-electron chi connectivity index (χ3n) is 3.66. The third kappa shape index (κ3) is 4.36. The molecule has 7 nitrogen and oxygen atoms in total. The van der Waals surface area contributed by atoms with Crippen LogP contribution in [0.15, 0.2) is 30.3 Å². The zero-order valence-corrected chi connectivity index (χ0v) is 12.5. The Bertz CT molecular complexity index is 559. The Kier molecular flexibility index (Phi) is 6.02. The smallest absolute Gasteiger partial charge is 0.307 e. The third-order valence-corrected chi connectivity index (χ3v) is 3.66. The number of H-pyrrole nitrogens is 1. The van der Waals surface area contributed by atoms with Gasteiger partial charge in [-0.2, -0.15) is 5.21 Å². The largest absolute Gasteiger partial charge is 0.481 e. The van der Waals surface area contributed by atoms with E-state index in [2.05, 4.69) is 20.6 Å². The van der Waals surface area contributed by atoms with Crippen LogP contribution in [0, 0.1) is 5.92 Å². The first-order valence-electron chi connectivity index (χ1n) is 7.21. The van der Waals surface area contributed by atoms with E-state index in [1.54, 1.807) is 7.11 Å². The van der Waals surface area contributed by atoms with Gasteiger partial charge in [0, 0.05) is 19.6 Å². The van der Waals surface area contributed by atoms with Crippen LogP contribution >= 0.6 is 0 Å². The molecule has 0 aliphatic heterocycles. The van der Waals surface area contributed by atoms with Gasteiger partial charge >= 0.3 is 5.97 Å². The van der Waals surface area contributed by atoms with Crippen LogP contribution in [0.4, 0.5) is 0 Å². The summed E-state index contributed by atoms with van der Waals surface area (Å²) in [6, 6.07) is 9.75. The number of carbonyl (C=O) groups is 1. The van der Waals surface area contributed by atoms with Gasteiger partial charge in [0.05, 0.1) is 5.92 Å². The van der Waals surface area contributed by atoms with Gasteiger partial charge in [-0.15, -0.1) is 10.2 Å². The summed E-state index contributed by atoms with van der Waals surface area (Å²) in [5.41, 5.74) is 1.05. The number of benzene rings is 1. The van der Waals surface area contributed by atoms with Crippen LogP contribution in [0.25, 0.3) is 0 Å². The Morgan fingerprint density at radius 1 is 1.36 bits per heavy atom. The number of aromatic amines is 1. The fraction of sp³-hybridized carbons (Fsp3) is 0.467. The molecule has 0 amide bonds. The molecule has 2 aromatic rings. The summed E-state index contributed by atoms with van der Waals surface area (Å²) < 4.78 is 5.02.